The van der Waals surface area contributed by atoms with Crippen LogP contribution in [0.3, 0.4) is 0 Å². The zero-order valence-corrected chi connectivity index (χ0v) is 29.1. The molecule has 9 aromatic rings. The van der Waals surface area contributed by atoms with Crippen LogP contribution in [0.25, 0.3) is 54.5 Å². The summed E-state index contributed by atoms with van der Waals surface area (Å²) in [7, 11) is 1.66. The summed E-state index contributed by atoms with van der Waals surface area (Å²) >= 11 is 13.3. The summed E-state index contributed by atoms with van der Waals surface area (Å²) < 4.78 is 9.10. The van der Waals surface area contributed by atoms with Gasteiger partial charge in [0, 0.05) is 47.8 Å². The number of anilines is 2. The van der Waals surface area contributed by atoms with Crippen LogP contribution in [0.2, 0.25) is 5.15 Å². The molecule has 5 heterocycles. The number of pyridine rings is 2. The van der Waals surface area contributed by atoms with Gasteiger partial charge in [-0.25, -0.2) is 9.97 Å². The maximum atomic E-state index is 6.32. The minimum absolute atomic E-state index is 0.424. The summed E-state index contributed by atoms with van der Waals surface area (Å²) in [5.41, 5.74) is 6.47. The van der Waals surface area contributed by atoms with Gasteiger partial charge in [0.25, 0.3) is 0 Å². The fourth-order valence-electron chi connectivity index (χ4n) is 5.67. The number of nitrogens with one attached hydrogen (secondary N) is 3. The lowest BCUT2D eigenvalue weighted by Gasteiger charge is -2.09. The first kappa shape index (κ1) is 30.3. The zero-order chi connectivity index (χ0) is 32.8. The van der Waals surface area contributed by atoms with Gasteiger partial charge in [0.15, 0.2) is 11.0 Å². The molecule has 0 amide bonds. The van der Waals surface area contributed by atoms with Gasteiger partial charge >= 0.3 is 0 Å². The summed E-state index contributed by atoms with van der Waals surface area (Å²) in [6.45, 7) is 0.657. The highest BCUT2D eigenvalue weighted by Gasteiger charge is 2.13. The maximum absolute atomic E-state index is 6.32. The van der Waals surface area contributed by atoms with Gasteiger partial charge in [-0.2, -0.15) is 15.3 Å². The Labute approximate surface area is 294 Å². The lowest BCUT2D eigenvalue weighted by Crippen LogP contribution is -1.99. The van der Waals surface area contributed by atoms with Crippen LogP contribution in [0.1, 0.15) is 5.56 Å². The van der Waals surface area contributed by atoms with Gasteiger partial charge in [0.2, 0.25) is 0 Å². The fraction of sp³-hybridized carbons (Fsp3) is 0.0571. The molecule has 0 atom stereocenters. The number of halogens is 3. The molecule has 0 saturated carbocycles. The molecule has 10 nitrogen and oxygen atoms in total. The second-order valence-corrected chi connectivity index (χ2v) is 13.3. The smallest absolute Gasteiger partial charge is 0.157 e. The van der Waals surface area contributed by atoms with Crippen molar-refractivity contribution in [2.75, 3.05) is 12.4 Å². The van der Waals surface area contributed by atoms with Crippen LogP contribution >= 0.6 is 43.5 Å². The van der Waals surface area contributed by atoms with E-state index in [0.29, 0.717) is 11.7 Å². The molecule has 4 aromatic carbocycles. The van der Waals surface area contributed by atoms with Crippen LogP contribution in [-0.4, -0.2) is 47.3 Å². The monoisotopic (exact) mass is 779 g/mol. The Balaban J connectivity index is 0.000000140. The number of methoxy groups -OCH3 is 1. The van der Waals surface area contributed by atoms with Crippen LogP contribution in [-0.2, 0) is 6.54 Å². The van der Waals surface area contributed by atoms with Crippen LogP contribution in [0.5, 0.6) is 5.75 Å². The first-order valence-corrected chi connectivity index (χ1v) is 16.8. The number of aromatic amines is 2. The highest BCUT2D eigenvalue weighted by molar-refractivity contribution is 9.10. The van der Waals surface area contributed by atoms with Crippen molar-refractivity contribution in [3.63, 3.8) is 0 Å². The first-order valence-electron chi connectivity index (χ1n) is 14.8. The van der Waals surface area contributed by atoms with Gasteiger partial charge in [0.05, 0.1) is 42.6 Å². The molecule has 236 valence electrons. The zero-order valence-electron chi connectivity index (χ0n) is 25.2. The molecule has 0 saturated heterocycles. The number of aromatic nitrogens is 8. The number of hydrogen-bond acceptors (Lipinski definition) is 7. The van der Waals surface area contributed by atoms with Gasteiger partial charge in [0.1, 0.15) is 16.8 Å². The minimum Gasteiger partial charge on any atom is -0.497 e. The Morgan fingerprint density at radius 3 is 2.29 bits per heavy atom. The van der Waals surface area contributed by atoms with E-state index in [1.165, 1.54) is 0 Å². The van der Waals surface area contributed by atoms with Gasteiger partial charge in [-0.05, 0) is 72.3 Å². The molecule has 9 rings (SSSR count). The molecular formula is C35H24Br2ClN9O. The molecule has 0 spiro atoms. The van der Waals surface area contributed by atoms with Crippen molar-refractivity contribution < 1.29 is 4.74 Å². The van der Waals surface area contributed by atoms with Crippen molar-refractivity contribution in [2.24, 2.45) is 0 Å². The standard InChI is InChI=1S/C18H13BrClN3O.C17H11BrN6/c1-24-13-5-2-11(3-6-13)9-23-10-15-14-8-12(19)4-7-16(14)21-18(20)17(15)22-23;18-10-1-3-15-12(6-10)13-8-20-24-16(13)17(22-15)21-11-2-4-14-9(5-11)7-19-23-14/h2-8,10H,9H2,1H3;1-8H,(H,19,23)(H,20,24)(H,21,22). The fourth-order valence-corrected chi connectivity index (χ4v) is 6.62. The van der Waals surface area contributed by atoms with E-state index in [0.717, 1.165) is 86.3 Å². The van der Waals surface area contributed by atoms with Crippen LogP contribution in [0.15, 0.2) is 106 Å². The van der Waals surface area contributed by atoms with Gasteiger partial charge in [-0.15, -0.1) is 0 Å². The van der Waals surface area contributed by atoms with Crippen LogP contribution in [0, 0.1) is 0 Å². The van der Waals surface area contributed by atoms with Crippen molar-refractivity contribution in [2.45, 2.75) is 6.54 Å². The van der Waals surface area contributed by atoms with E-state index in [4.69, 9.17) is 21.3 Å². The van der Waals surface area contributed by atoms with Crippen molar-refractivity contribution in [1.29, 1.82) is 0 Å². The molecule has 48 heavy (non-hydrogen) atoms. The number of hydrogen-bond donors (Lipinski definition) is 3. The molecular weight excluding hydrogens is 758 g/mol. The van der Waals surface area contributed by atoms with E-state index >= 15 is 0 Å². The lowest BCUT2D eigenvalue weighted by atomic mass is 10.1. The molecule has 0 fully saturated rings. The number of rotatable bonds is 5. The molecule has 0 unspecified atom stereocenters. The molecule has 0 radical (unpaired) electrons. The van der Waals surface area contributed by atoms with Crippen molar-refractivity contribution in [1.82, 2.24) is 40.1 Å². The average Bonchev–Trinajstić information content (AvgIpc) is 3.87. The van der Waals surface area contributed by atoms with E-state index in [1.54, 1.807) is 13.3 Å². The third-order valence-corrected chi connectivity index (χ3v) is 9.24. The normalized spacial score (nSPS) is 11.4. The van der Waals surface area contributed by atoms with E-state index in [-0.39, 0.29) is 0 Å². The Morgan fingerprint density at radius 1 is 0.792 bits per heavy atom. The number of H-pyrrole nitrogens is 2. The molecule has 0 aliphatic heterocycles. The molecule has 5 aromatic heterocycles. The number of nitrogens with zero attached hydrogens (tertiary/aromatic N) is 6. The van der Waals surface area contributed by atoms with Crippen LogP contribution in [0.4, 0.5) is 11.5 Å². The number of ether oxygens (including phenoxy) is 1. The highest BCUT2D eigenvalue weighted by atomic mass is 79.9. The van der Waals surface area contributed by atoms with Gasteiger partial charge in [-0.3, -0.25) is 14.9 Å². The topological polar surface area (TPSA) is 122 Å². The Bertz CT molecular complexity index is 2610. The Morgan fingerprint density at radius 2 is 1.52 bits per heavy atom. The van der Waals surface area contributed by atoms with E-state index < -0.39 is 0 Å². The van der Waals surface area contributed by atoms with E-state index in [1.807, 2.05) is 89.9 Å². The Kier molecular flexibility index (Phi) is 7.91. The Hall–Kier alpha value is -5.04. The SMILES string of the molecule is Brc1ccc2nc(Nc3ccc4[nH]ncc4c3)c3[nH]ncc3c2c1.COc1ccc(Cn2cc3c(n2)c(Cl)nc2ccc(Br)cc23)cc1. The summed E-state index contributed by atoms with van der Waals surface area (Å²) in [4.78, 5) is 9.19. The van der Waals surface area contributed by atoms with E-state index in [9.17, 15) is 0 Å². The minimum atomic E-state index is 0.424. The predicted molar refractivity (Wildman–Crippen MR) is 198 cm³/mol. The second-order valence-electron chi connectivity index (χ2n) is 11.1. The summed E-state index contributed by atoms with van der Waals surface area (Å²) in [5, 5.41) is 27.8. The maximum Gasteiger partial charge on any atom is 0.157 e. The first-order chi connectivity index (χ1) is 23.4. The quantitative estimate of drug-likeness (QED) is 0.149. The van der Waals surface area contributed by atoms with Crippen LogP contribution < -0.4 is 10.1 Å². The summed E-state index contributed by atoms with van der Waals surface area (Å²) in [6.07, 6.45) is 5.65. The predicted octanol–water partition coefficient (Wildman–Crippen LogP) is 9.55. The molecule has 0 aliphatic rings. The molecule has 0 bridgehead atoms. The third kappa shape index (κ3) is 5.83. The molecule has 3 N–H and O–H groups in total. The average molecular weight is 782 g/mol. The summed E-state index contributed by atoms with van der Waals surface area (Å²) in [5.74, 6) is 1.59. The van der Waals surface area contributed by atoms with Crippen molar-refractivity contribution in [3.05, 3.63) is 117 Å². The molecule has 13 heteroatoms. The van der Waals surface area contributed by atoms with Crippen molar-refractivity contribution in [3.8, 4) is 5.75 Å². The third-order valence-electron chi connectivity index (χ3n) is 7.99. The van der Waals surface area contributed by atoms with E-state index in [2.05, 4.69) is 73.7 Å². The highest BCUT2D eigenvalue weighted by Crippen LogP contribution is 2.32. The number of fused-ring (bicyclic) bond motifs is 7. The molecule has 0 aliphatic carbocycles. The van der Waals surface area contributed by atoms with Gasteiger partial charge < -0.3 is 10.1 Å². The van der Waals surface area contributed by atoms with Gasteiger partial charge in [-0.1, -0.05) is 55.6 Å². The lowest BCUT2D eigenvalue weighted by molar-refractivity contribution is 0.414. The van der Waals surface area contributed by atoms with Crippen molar-refractivity contribution >= 4 is 109 Å². The number of benzene rings is 4. The second kappa shape index (κ2) is 12.5. The summed E-state index contributed by atoms with van der Waals surface area (Å²) in [6, 6.07) is 26.0. The largest absolute Gasteiger partial charge is 0.497 e.